The number of nitrogens with zero attached hydrogens (tertiary/aromatic N) is 2. The number of hydrogen-bond donors (Lipinski definition) is 2. The Morgan fingerprint density at radius 1 is 1.10 bits per heavy atom. The Morgan fingerprint density at radius 3 is 2.55 bits per heavy atom. The van der Waals surface area contributed by atoms with E-state index in [1.165, 1.54) is 11.1 Å². The molecule has 0 aliphatic carbocycles. The fourth-order valence-corrected chi connectivity index (χ4v) is 5.26. The Hall–Kier alpha value is -2.37. The molecule has 4 atom stereocenters. The van der Waals surface area contributed by atoms with E-state index in [9.17, 15) is 15.0 Å². The zero-order valence-corrected chi connectivity index (χ0v) is 17.2. The SMILES string of the molecule is CC1CN2CC(c3ccccc3)N(CC(=O)O)CC2C[C@@]1(C)c1cccc(O)c1. The second-order valence-corrected chi connectivity index (χ2v) is 8.93. The molecular formula is C24H30N2O3. The Labute approximate surface area is 172 Å². The van der Waals surface area contributed by atoms with Crippen LogP contribution >= 0.6 is 0 Å². The molecule has 2 aliphatic heterocycles. The van der Waals surface area contributed by atoms with Crippen LogP contribution in [0.2, 0.25) is 0 Å². The zero-order valence-electron chi connectivity index (χ0n) is 17.2. The lowest BCUT2D eigenvalue weighted by atomic mass is 9.65. The first kappa shape index (κ1) is 19.9. The number of fused-ring (bicyclic) bond motifs is 1. The maximum absolute atomic E-state index is 11.6. The molecule has 0 bridgehead atoms. The number of benzene rings is 2. The summed E-state index contributed by atoms with van der Waals surface area (Å²) in [6.07, 6.45) is 0.954. The molecule has 29 heavy (non-hydrogen) atoms. The van der Waals surface area contributed by atoms with E-state index < -0.39 is 5.97 Å². The van der Waals surface area contributed by atoms with E-state index in [4.69, 9.17) is 0 Å². The van der Waals surface area contributed by atoms with Gasteiger partial charge in [-0.25, -0.2) is 0 Å². The molecule has 4 rings (SSSR count). The molecule has 2 aliphatic rings. The van der Waals surface area contributed by atoms with Crippen molar-refractivity contribution in [1.29, 1.82) is 0 Å². The Bertz CT molecular complexity index is 871. The lowest BCUT2D eigenvalue weighted by molar-refractivity contribution is -0.141. The van der Waals surface area contributed by atoms with E-state index in [2.05, 4.69) is 41.8 Å². The third-order valence-electron chi connectivity index (χ3n) is 7.09. The normalized spacial score (nSPS) is 30.6. The molecule has 3 unspecified atom stereocenters. The highest BCUT2D eigenvalue weighted by molar-refractivity contribution is 5.69. The minimum Gasteiger partial charge on any atom is -0.508 e. The van der Waals surface area contributed by atoms with Gasteiger partial charge in [0, 0.05) is 31.7 Å². The van der Waals surface area contributed by atoms with Crippen LogP contribution in [0.25, 0.3) is 0 Å². The number of piperazine rings is 1. The molecule has 2 aromatic carbocycles. The number of rotatable bonds is 4. The first-order chi connectivity index (χ1) is 13.9. The van der Waals surface area contributed by atoms with Crippen LogP contribution in [0.1, 0.15) is 37.4 Å². The Kier molecular flexibility index (Phi) is 5.36. The molecule has 2 heterocycles. The third kappa shape index (κ3) is 3.89. The lowest BCUT2D eigenvalue weighted by Gasteiger charge is -2.55. The summed E-state index contributed by atoms with van der Waals surface area (Å²) in [5, 5.41) is 19.5. The Morgan fingerprint density at radius 2 is 1.86 bits per heavy atom. The number of aliphatic carboxylic acids is 1. The minimum atomic E-state index is -0.778. The van der Waals surface area contributed by atoms with Gasteiger partial charge in [0.2, 0.25) is 0 Å². The minimum absolute atomic E-state index is 0.0472. The van der Waals surface area contributed by atoms with Gasteiger partial charge in [-0.3, -0.25) is 14.6 Å². The number of aromatic hydroxyl groups is 1. The van der Waals surface area contributed by atoms with Crippen molar-refractivity contribution in [3.63, 3.8) is 0 Å². The topological polar surface area (TPSA) is 64.0 Å². The molecule has 0 spiro atoms. The molecule has 2 N–H and O–H groups in total. The number of carbonyl (C=O) groups is 1. The maximum atomic E-state index is 11.6. The Balaban J connectivity index is 1.61. The molecular weight excluding hydrogens is 364 g/mol. The second-order valence-electron chi connectivity index (χ2n) is 8.93. The summed E-state index contributed by atoms with van der Waals surface area (Å²) in [6, 6.07) is 18.3. The van der Waals surface area contributed by atoms with Gasteiger partial charge in [0.15, 0.2) is 0 Å². The monoisotopic (exact) mass is 394 g/mol. The van der Waals surface area contributed by atoms with E-state index in [1.54, 1.807) is 6.07 Å². The summed E-state index contributed by atoms with van der Waals surface area (Å²) in [5.41, 5.74) is 2.30. The van der Waals surface area contributed by atoms with Crippen molar-refractivity contribution in [1.82, 2.24) is 9.80 Å². The first-order valence-corrected chi connectivity index (χ1v) is 10.4. The molecule has 2 fully saturated rings. The van der Waals surface area contributed by atoms with Crippen LogP contribution < -0.4 is 0 Å². The first-order valence-electron chi connectivity index (χ1n) is 10.4. The van der Waals surface area contributed by atoms with Gasteiger partial charge in [-0.15, -0.1) is 0 Å². The van der Waals surface area contributed by atoms with Crippen LogP contribution in [0.3, 0.4) is 0 Å². The van der Waals surface area contributed by atoms with Gasteiger partial charge in [0.1, 0.15) is 5.75 Å². The van der Waals surface area contributed by atoms with Gasteiger partial charge >= 0.3 is 5.97 Å². The van der Waals surface area contributed by atoms with Crippen molar-refractivity contribution in [3.8, 4) is 5.75 Å². The van der Waals surface area contributed by atoms with E-state index in [0.29, 0.717) is 17.7 Å². The van der Waals surface area contributed by atoms with Crippen LogP contribution in [0.15, 0.2) is 54.6 Å². The van der Waals surface area contributed by atoms with E-state index in [-0.39, 0.29) is 18.0 Å². The number of phenolic OH excluding ortho intramolecular Hbond substituents is 1. The van der Waals surface area contributed by atoms with Crippen molar-refractivity contribution in [2.75, 3.05) is 26.2 Å². The van der Waals surface area contributed by atoms with Crippen molar-refractivity contribution in [2.24, 2.45) is 5.92 Å². The molecule has 5 nitrogen and oxygen atoms in total. The third-order valence-corrected chi connectivity index (χ3v) is 7.09. The predicted molar refractivity (Wildman–Crippen MR) is 113 cm³/mol. The van der Waals surface area contributed by atoms with Crippen LogP contribution in [0, 0.1) is 5.92 Å². The maximum Gasteiger partial charge on any atom is 0.317 e. The van der Waals surface area contributed by atoms with Crippen LogP contribution in [0.4, 0.5) is 0 Å². The molecule has 0 aromatic heterocycles. The zero-order chi connectivity index (χ0) is 20.6. The fourth-order valence-electron chi connectivity index (χ4n) is 5.26. The fraction of sp³-hybridized carbons (Fsp3) is 0.458. The molecule has 2 saturated heterocycles. The van der Waals surface area contributed by atoms with Gasteiger partial charge in [0.25, 0.3) is 0 Å². The highest BCUT2D eigenvalue weighted by Gasteiger charge is 2.46. The molecule has 0 amide bonds. The lowest BCUT2D eigenvalue weighted by Crippen LogP contribution is -2.62. The summed E-state index contributed by atoms with van der Waals surface area (Å²) < 4.78 is 0. The van der Waals surface area contributed by atoms with Gasteiger partial charge in [0.05, 0.1) is 6.54 Å². The standard InChI is InChI=1S/C24H30N2O3/c1-17-13-25-15-22(18-7-4-3-5-8-18)26(16-23(28)29)14-20(25)12-24(17,2)19-9-6-10-21(27)11-19/h3-11,17,20,22,27H,12-16H2,1-2H3,(H,28,29)/t17?,20?,22?,24-/m1/s1. The van der Waals surface area contributed by atoms with Gasteiger partial charge in [-0.2, -0.15) is 0 Å². The number of phenols is 1. The van der Waals surface area contributed by atoms with E-state index in [0.717, 1.165) is 26.1 Å². The number of carboxylic acid groups (broad SMARTS) is 1. The average Bonchev–Trinajstić information content (AvgIpc) is 2.69. The van der Waals surface area contributed by atoms with E-state index in [1.807, 2.05) is 30.3 Å². The molecule has 0 radical (unpaired) electrons. The number of piperidine rings is 1. The van der Waals surface area contributed by atoms with Gasteiger partial charge in [-0.05, 0) is 41.0 Å². The predicted octanol–water partition coefficient (Wildman–Crippen LogP) is 3.50. The summed E-state index contributed by atoms with van der Waals surface area (Å²) >= 11 is 0. The summed E-state index contributed by atoms with van der Waals surface area (Å²) in [4.78, 5) is 16.2. The van der Waals surface area contributed by atoms with Gasteiger partial charge in [-0.1, -0.05) is 56.3 Å². The van der Waals surface area contributed by atoms with Crippen molar-refractivity contribution in [2.45, 2.75) is 37.8 Å². The molecule has 2 aromatic rings. The molecule has 5 heteroatoms. The molecule has 154 valence electrons. The van der Waals surface area contributed by atoms with Crippen molar-refractivity contribution < 1.29 is 15.0 Å². The van der Waals surface area contributed by atoms with Crippen LogP contribution in [0.5, 0.6) is 5.75 Å². The van der Waals surface area contributed by atoms with E-state index >= 15 is 0 Å². The largest absolute Gasteiger partial charge is 0.508 e. The highest BCUT2D eigenvalue weighted by Crippen LogP contribution is 2.45. The van der Waals surface area contributed by atoms with Crippen LogP contribution in [-0.4, -0.2) is 58.2 Å². The second kappa shape index (κ2) is 7.81. The number of carboxylic acids is 1. The quantitative estimate of drug-likeness (QED) is 0.831. The number of hydrogen-bond acceptors (Lipinski definition) is 4. The summed E-state index contributed by atoms with van der Waals surface area (Å²) in [6.45, 7) is 7.20. The van der Waals surface area contributed by atoms with Crippen molar-refractivity contribution in [3.05, 3.63) is 65.7 Å². The summed E-state index contributed by atoms with van der Waals surface area (Å²) in [5.74, 6) is -0.0408. The average molecular weight is 395 g/mol. The molecule has 0 saturated carbocycles. The smallest absolute Gasteiger partial charge is 0.317 e. The summed E-state index contributed by atoms with van der Waals surface area (Å²) in [7, 11) is 0. The van der Waals surface area contributed by atoms with Crippen molar-refractivity contribution >= 4 is 5.97 Å². The van der Waals surface area contributed by atoms with Crippen LogP contribution in [-0.2, 0) is 10.2 Å². The van der Waals surface area contributed by atoms with Gasteiger partial charge < -0.3 is 10.2 Å². The highest BCUT2D eigenvalue weighted by atomic mass is 16.4.